The zero-order chi connectivity index (χ0) is 12.8. The van der Waals surface area contributed by atoms with Crippen molar-refractivity contribution < 1.29 is 19.2 Å². The first-order valence-electron chi connectivity index (χ1n) is 4.72. The van der Waals surface area contributed by atoms with E-state index in [9.17, 15) is 14.9 Å². The van der Waals surface area contributed by atoms with E-state index in [1.165, 1.54) is 32.4 Å². The van der Waals surface area contributed by atoms with Gasteiger partial charge in [-0.1, -0.05) is 0 Å². The maximum Gasteiger partial charge on any atom is 0.273 e. The third kappa shape index (κ3) is 3.15. The van der Waals surface area contributed by atoms with Gasteiger partial charge in [0, 0.05) is 20.2 Å². The van der Waals surface area contributed by atoms with Gasteiger partial charge in [-0.2, -0.15) is 0 Å². The fourth-order valence-electron chi connectivity index (χ4n) is 1.19. The minimum absolute atomic E-state index is 0.0921. The predicted molar refractivity (Wildman–Crippen MR) is 59.0 cm³/mol. The molecular formula is C10H12N2O5. The molecule has 1 N–H and O–H groups in total. The highest BCUT2D eigenvalue weighted by Crippen LogP contribution is 2.24. The summed E-state index contributed by atoms with van der Waals surface area (Å²) in [5.74, 6) is -0.272. The Labute approximate surface area is 97.5 Å². The number of carbonyl (C=O) groups is 1. The van der Waals surface area contributed by atoms with Crippen molar-refractivity contribution in [2.24, 2.45) is 0 Å². The molecule has 0 atom stereocenters. The minimum atomic E-state index is -0.562. The van der Waals surface area contributed by atoms with Crippen LogP contribution >= 0.6 is 0 Å². The Balaban J connectivity index is 3.11. The van der Waals surface area contributed by atoms with Crippen LogP contribution in [0.25, 0.3) is 0 Å². The lowest BCUT2D eigenvalue weighted by Crippen LogP contribution is -2.19. The number of benzene rings is 1. The summed E-state index contributed by atoms with van der Waals surface area (Å²) in [6, 6.07) is 3.76. The zero-order valence-electron chi connectivity index (χ0n) is 9.43. The number of carbonyl (C=O) groups excluding carboxylic acids is 1. The van der Waals surface area contributed by atoms with E-state index in [0.717, 1.165) is 0 Å². The van der Waals surface area contributed by atoms with Crippen molar-refractivity contribution in [3.05, 3.63) is 33.9 Å². The Morgan fingerprint density at radius 3 is 2.76 bits per heavy atom. The first-order chi connectivity index (χ1) is 8.10. The van der Waals surface area contributed by atoms with Crippen LogP contribution < -0.4 is 10.1 Å². The molecule has 17 heavy (non-hydrogen) atoms. The third-order valence-electron chi connectivity index (χ3n) is 1.98. The largest absolute Gasteiger partial charge is 0.466 e. The molecule has 1 rings (SSSR count). The summed E-state index contributed by atoms with van der Waals surface area (Å²) >= 11 is 0. The van der Waals surface area contributed by atoms with E-state index < -0.39 is 4.92 Å². The molecule has 0 aliphatic heterocycles. The predicted octanol–water partition coefficient (Wildman–Crippen LogP) is 0.937. The number of amides is 1. The number of methoxy groups -OCH3 is 1. The number of ether oxygens (including phenoxy) is 2. The molecule has 0 aromatic heterocycles. The SMILES string of the molecule is CNC(=O)c1ccc([N+](=O)[O-])cc1OCOC. The monoisotopic (exact) mass is 240 g/mol. The van der Waals surface area contributed by atoms with Gasteiger partial charge in [0.15, 0.2) is 6.79 Å². The number of nitro groups is 1. The summed E-state index contributed by atoms with van der Waals surface area (Å²) in [4.78, 5) is 21.5. The second kappa shape index (κ2) is 5.80. The van der Waals surface area contributed by atoms with Crippen molar-refractivity contribution in [3.8, 4) is 5.75 Å². The second-order valence-corrected chi connectivity index (χ2v) is 3.07. The highest BCUT2D eigenvalue weighted by atomic mass is 16.7. The van der Waals surface area contributed by atoms with Crippen molar-refractivity contribution in [2.75, 3.05) is 21.0 Å². The average molecular weight is 240 g/mol. The zero-order valence-corrected chi connectivity index (χ0v) is 9.43. The number of nitrogens with one attached hydrogen (secondary N) is 1. The molecule has 1 aromatic rings. The smallest absolute Gasteiger partial charge is 0.273 e. The lowest BCUT2D eigenvalue weighted by molar-refractivity contribution is -0.385. The molecule has 1 amide bonds. The third-order valence-corrected chi connectivity index (χ3v) is 1.98. The maximum atomic E-state index is 11.5. The molecule has 0 spiro atoms. The quantitative estimate of drug-likeness (QED) is 0.469. The van der Waals surface area contributed by atoms with Crippen molar-refractivity contribution in [1.82, 2.24) is 5.32 Å². The van der Waals surface area contributed by atoms with E-state index in [1.807, 2.05) is 0 Å². The molecule has 0 fully saturated rings. The van der Waals surface area contributed by atoms with Crippen LogP contribution in [0.4, 0.5) is 5.69 Å². The standard InChI is InChI=1S/C10H12N2O5/c1-11-10(13)8-4-3-7(12(14)15)5-9(8)17-6-16-2/h3-5H,6H2,1-2H3,(H,11,13). The van der Waals surface area contributed by atoms with Crippen molar-refractivity contribution in [3.63, 3.8) is 0 Å². The number of nitro benzene ring substituents is 1. The van der Waals surface area contributed by atoms with Gasteiger partial charge >= 0.3 is 0 Å². The van der Waals surface area contributed by atoms with Crippen LogP contribution in [-0.2, 0) is 4.74 Å². The lowest BCUT2D eigenvalue weighted by atomic mass is 10.1. The van der Waals surface area contributed by atoms with Gasteiger partial charge < -0.3 is 14.8 Å². The van der Waals surface area contributed by atoms with Crippen molar-refractivity contribution in [1.29, 1.82) is 0 Å². The Kier molecular flexibility index (Phi) is 4.41. The topological polar surface area (TPSA) is 90.7 Å². The number of hydrogen-bond acceptors (Lipinski definition) is 5. The number of hydrogen-bond donors (Lipinski definition) is 1. The van der Waals surface area contributed by atoms with E-state index >= 15 is 0 Å². The first-order valence-corrected chi connectivity index (χ1v) is 4.72. The second-order valence-electron chi connectivity index (χ2n) is 3.07. The molecule has 7 nitrogen and oxygen atoms in total. The van der Waals surface area contributed by atoms with E-state index in [2.05, 4.69) is 5.32 Å². The first kappa shape index (κ1) is 12.9. The molecule has 0 heterocycles. The van der Waals surface area contributed by atoms with Gasteiger partial charge in [-0.15, -0.1) is 0 Å². The van der Waals surface area contributed by atoms with E-state index in [0.29, 0.717) is 0 Å². The normalized spacial score (nSPS) is 9.76. The summed E-state index contributed by atoms with van der Waals surface area (Å²) in [5.41, 5.74) is 0.0684. The summed E-state index contributed by atoms with van der Waals surface area (Å²) in [6.45, 7) is -0.0921. The van der Waals surface area contributed by atoms with Crippen molar-refractivity contribution in [2.45, 2.75) is 0 Å². The fraction of sp³-hybridized carbons (Fsp3) is 0.300. The Morgan fingerprint density at radius 1 is 1.53 bits per heavy atom. The number of non-ortho nitro benzene ring substituents is 1. The molecule has 1 aromatic carbocycles. The van der Waals surface area contributed by atoms with Crippen LogP contribution in [0.3, 0.4) is 0 Å². The summed E-state index contributed by atoms with van der Waals surface area (Å²) in [5, 5.41) is 13.0. The highest BCUT2D eigenvalue weighted by molar-refractivity contribution is 5.97. The molecule has 0 aliphatic rings. The van der Waals surface area contributed by atoms with Gasteiger partial charge in [-0.05, 0) is 6.07 Å². The number of nitrogens with zero attached hydrogens (tertiary/aromatic N) is 1. The van der Waals surface area contributed by atoms with Crippen molar-refractivity contribution >= 4 is 11.6 Å². The van der Waals surface area contributed by atoms with E-state index in [1.54, 1.807) is 0 Å². The van der Waals surface area contributed by atoms with Gasteiger partial charge in [0.05, 0.1) is 16.6 Å². The molecule has 0 unspecified atom stereocenters. The van der Waals surface area contributed by atoms with E-state index in [-0.39, 0.29) is 29.7 Å². The molecule has 0 saturated carbocycles. The summed E-state index contributed by atoms with van der Waals surface area (Å²) in [7, 11) is 2.88. The highest BCUT2D eigenvalue weighted by Gasteiger charge is 2.16. The summed E-state index contributed by atoms with van der Waals surface area (Å²) in [6.07, 6.45) is 0. The Morgan fingerprint density at radius 2 is 2.24 bits per heavy atom. The molecule has 0 saturated heterocycles. The van der Waals surface area contributed by atoms with Crippen LogP contribution in [0.2, 0.25) is 0 Å². The fourth-order valence-corrected chi connectivity index (χ4v) is 1.19. The molecule has 7 heteroatoms. The average Bonchev–Trinajstić information content (AvgIpc) is 2.34. The van der Waals surface area contributed by atoms with Crippen LogP contribution in [-0.4, -0.2) is 31.8 Å². The van der Waals surface area contributed by atoms with Gasteiger partial charge in [0.2, 0.25) is 0 Å². The maximum absolute atomic E-state index is 11.5. The van der Waals surface area contributed by atoms with Crippen LogP contribution in [0.5, 0.6) is 5.75 Å². The summed E-state index contributed by atoms with van der Waals surface area (Å²) < 4.78 is 9.80. The minimum Gasteiger partial charge on any atom is -0.466 e. The van der Waals surface area contributed by atoms with Gasteiger partial charge in [-0.3, -0.25) is 14.9 Å². The van der Waals surface area contributed by atoms with Crippen LogP contribution in [0, 0.1) is 10.1 Å². The van der Waals surface area contributed by atoms with Crippen LogP contribution in [0.1, 0.15) is 10.4 Å². The number of rotatable bonds is 5. The Bertz CT molecular complexity index is 433. The van der Waals surface area contributed by atoms with Gasteiger partial charge in [0.25, 0.3) is 11.6 Å². The lowest BCUT2D eigenvalue weighted by Gasteiger charge is -2.09. The molecule has 92 valence electrons. The molecule has 0 aliphatic carbocycles. The molecular weight excluding hydrogens is 228 g/mol. The molecule has 0 radical (unpaired) electrons. The van der Waals surface area contributed by atoms with Gasteiger partial charge in [0.1, 0.15) is 5.75 Å². The van der Waals surface area contributed by atoms with Gasteiger partial charge in [-0.25, -0.2) is 0 Å². The van der Waals surface area contributed by atoms with E-state index in [4.69, 9.17) is 9.47 Å². The van der Waals surface area contributed by atoms with Crippen LogP contribution in [0.15, 0.2) is 18.2 Å². The molecule has 0 bridgehead atoms. The Hall–Kier alpha value is -2.15.